The highest BCUT2D eigenvalue weighted by Gasteiger charge is 2.34. The molecule has 0 spiro atoms. The number of ether oxygens (including phenoxy) is 1. The summed E-state index contributed by atoms with van der Waals surface area (Å²) in [6.07, 6.45) is 1.48. The number of anilines is 1. The minimum atomic E-state index is -0.489. The monoisotopic (exact) mass is 422 g/mol. The van der Waals surface area contributed by atoms with E-state index in [-0.39, 0.29) is 18.0 Å². The molecule has 1 heterocycles. The average molecular weight is 423 g/mol. The van der Waals surface area contributed by atoms with Crippen molar-refractivity contribution in [1.29, 1.82) is 0 Å². The molecule has 0 aliphatic carbocycles. The molecule has 150 valence electrons. The van der Waals surface area contributed by atoms with E-state index in [2.05, 4.69) is 5.43 Å². The van der Waals surface area contributed by atoms with Gasteiger partial charge in [-0.15, -0.1) is 0 Å². The van der Waals surface area contributed by atoms with Crippen molar-refractivity contribution in [3.8, 4) is 5.75 Å². The van der Waals surface area contributed by atoms with Crippen LogP contribution in [-0.4, -0.2) is 11.8 Å². The SMILES string of the molecule is O=C1NN(c2ccccc2)C(=O)/C1=C\c1ccc(OCc2ccc(F)cc2)c(Cl)c1. The fourth-order valence-corrected chi connectivity index (χ4v) is 3.19. The first-order chi connectivity index (χ1) is 14.5. The Balaban J connectivity index is 1.50. The topological polar surface area (TPSA) is 58.6 Å². The number of benzene rings is 3. The Bertz CT molecular complexity index is 1130. The van der Waals surface area contributed by atoms with Gasteiger partial charge in [-0.3, -0.25) is 15.0 Å². The number of carbonyl (C=O) groups excluding carboxylic acids is 2. The Hall–Kier alpha value is -3.64. The number of hydrogen-bond donors (Lipinski definition) is 1. The molecule has 0 atom stereocenters. The van der Waals surface area contributed by atoms with Crippen LogP contribution in [0.5, 0.6) is 5.75 Å². The summed E-state index contributed by atoms with van der Waals surface area (Å²) in [6.45, 7) is 0.230. The molecule has 1 saturated heterocycles. The fourth-order valence-electron chi connectivity index (χ4n) is 2.95. The van der Waals surface area contributed by atoms with Crippen LogP contribution in [0, 0.1) is 5.82 Å². The van der Waals surface area contributed by atoms with E-state index in [4.69, 9.17) is 16.3 Å². The van der Waals surface area contributed by atoms with Crippen molar-refractivity contribution in [1.82, 2.24) is 5.43 Å². The molecule has 4 rings (SSSR count). The Morgan fingerprint density at radius 2 is 1.73 bits per heavy atom. The lowest BCUT2D eigenvalue weighted by molar-refractivity contribution is -0.117. The number of hydrogen-bond acceptors (Lipinski definition) is 3. The molecule has 1 aliphatic rings. The second-order valence-electron chi connectivity index (χ2n) is 6.58. The van der Waals surface area contributed by atoms with Gasteiger partial charge >= 0.3 is 0 Å². The lowest BCUT2D eigenvalue weighted by Gasteiger charge is -2.13. The van der Waals surface area contributed by atoms with Gasteiger partial charge in [0.25, 0.3) is 11.8 Å². The molecule has 5 nitrogen and oxygen atoms in total. The van der Waals surface area contributed by atoms with Gasteiger partial charge in [-0.05, 0) is 53.6 Å². The quantitative estimate of drug-likeness (QED) is 0.486. The maximum absolute atomic E-state index is 13.0. The van der Waals surface area contributed by atoms with Gasteiger partial charge < -0.3 is 4.74 Å². The van der Waals surface area contributed by atoms with Crippen molar-refractivity contribution in [3.05, 3.63) is 100 Å². The fraction of sp³-hybridized carbons (Fsp3) is 0.0435. The van der Waals surface area contributed by atoms with E-state index < -0.39 is 11.8 Å². The van der Waals surface area contributed by atoms with Crippen LogP contribution in [0.3, 0.4) is 0 Å². The number of hydrazine groups is 1. The Labute approximate surface area is 177 Å². The van der Waals surface area contributed by atoms with Crippen LogP contribution in [0.4, 0.5) is 10.1 Å². The summed E-state index contributed by atoms with van der Waals surface area (Å²) < 4.78 is 18.7. The van der Waals surface area contributed by atoms with Crippen LogP contribution in [0.25, 0.3) is 6.08 Å². The zero-order valence-corrected chi connectivity index (χ0v) is 16.4. The molecule has 7 heteroatoms. The number of carbonyl (C=O) groups is 2. The van der Waals surface area contributed by atoms with Gasteiger partial charge in [-0.2, -0.15) is 0 Å². The zero-order valence-electron chi connectivity index (χ0n) is 15.6. The van der Waals surface area contributed by atoms with Gasteiger partial charge in [0.15, 0.2) is 0 Å². The third-order valence-electron chi connectivity index (χ3n) is 4.48. The minimum Gasteiger partial charge on any atom is -0.487 e. The van der Waals surface area contributed by atoms with Crippen LogP contribution in [0.2, 0.25) is 5.02 Å². The molecule has 3 aromatic rings. The van der Waals surface area contributed by atoms with Crippen molar-refractivity contribution in [2.45, 2.75) is 6.61 Å². The molecule has 0 unspecified atom stereocenters. The first-order valence-corrected chi connectivity index (χ1v) is 9.48. The molecule has 0 bridgehead atoms. The average Bonchev–Trinajstić information content (AvgIpc) is 3.03. The molecule has 0 saturated carbocycles. The van der Waals surface area contributed by atoms with E-state index in [9.17, 15) is 14.0 Å². The summed E-state index contributed by atoms with van der Waals surface area (Å²) in [7, 11) is 0. The Morgan fingerprint density at radius 1 is 1.00 bits per heavy atom. The van der Waals surface area contributed by atoms with Gasteiger partial charge in [0, 0.05) is 0 Å². The van der Waals surface area contributed by atoms with Gasteiger partial charge in [-0.25, -0.2) is 9.40 Å². The molecular formula is C23H16ClFN2O3. The molecule has 1 aliphatic heterocycles. The number of amides is 2. The maximum atomic E-state index is 13.0. The summed E-state index contributed by atoms with van der Waals surface area (Å²) in [6, 6.07) is 19.8. The van der Waals surface area contributed by atoms with Crippen LogP contribution < -0.4 is 15.2 Å². The number of halogens is 2. The lowest BCUT2D eigenvalue weighted by Crippen LogP contribution is -2.35. The van der Waals surface area contributed by atoms with Crippen molar-refractivity contribution < 1.29 is 18.7 Å². The Kier molecular flexibility index (Phi) is 5.50. The molecule has 0 aromatic heterocycles. The molecule has 3 aromatic carbocycles. The van der Waals surface area contributed by atoms with Crippen LogP contribution >= 0.6 is 11.6 Å². The summed E-state index contributed by atoms with van der Waals surface area (Å²) in [5.41, 5.74) is 4.52. The number of nitrogens with zero attached hydrogens (tertiary/aromatic N) is 1. The van der Waals surface area contributed by atoms with E-state index in [0.717, 1.165) is 5.56 Å². The predicted molar refractivity (Wildman–Crippen MR) is 112 cm³/mol. The van der Waals surface area contributed by atoms with Gasteiger partial charge in [0.05, 0.1) is 10.7 Å². The first-order valence-electron chi connectivity index (χ1n) is 9.10. The van der Waals surface area contributed by atoms with Crippen molar-refractivity contribution in [2.75, 3.05) is 5.01 Å². The van der Waals surface area contributed by atoms with E-state index in [1.807, 2.05) is 6.07 Å². The molecule has 0 radical (unpaired) electrons. The lowest BCUT2D eigenvalue weighted by atomic mass is 10.1. The van der Waals surface area contributed by atoms with Crippen molar-refractivity contribution in [3.63, 3.8) is 0 Å². The molecule has 1 N–H and O–H groups in total. The van der Waals surface area contributed by atoms with Gasteiger partial charge in [0.2, 0.25) is 0 Å². The number of nitrogens with one attached hydrogen (secondary N) is 1. The summed E-state index contributed by atoms with van der Waals surface area (Å²) >= 11 is 6.29. The zero-order chi connectivity index (χ0) is 21.1. The first kappa shape index (κ1) is 19.7. The van der Waals surface area contributed by atoms with E-state index in [1.54, 1.807) is 54.6 Å². The molecular weight excluding hydrogens is 407 g/mol. The smallest absolute Gasteiger partial charge is 0.282 e. The number of rotatable bonds is 5. The predicted octanol–water partition coefficient (Wildman–Crippen LogP) is 4.52. The normalized spacial score (nSPS) is 14.9. The highest BCUT2D eigenvalue weighted by Crippen LogP contribution is 2.28. The summed E-state index contributed by atoms with van der Waals surface area (Å²) in [4.78, 5) is 24.9. The van der Waals surface area contributed by atoms with Crippen molar-refractivity contribution in [2.24, 2.45) is 0 Å². The highest BCUT2D eigenvalue weighted by molar-refractivity contribution is 6.33. The molecule has 1 fully saturated rings. The second kappa shape index (κ2) is 8.39. The summed E-state index contributed by atoms with van der Waals surface area (Å²) in [5, 5.41) is 1.54. The van der Waals surface area contributed by atoms with E-state index in [1.165, 1.54) is 23.2 Å². The molecule has 2 amide bonds. The standard InChI is InChI=1S/C23H16ClFN2O3/c24-20-13-16(8-11-21(20)30-14-15-6-9-17(25)10-7-15)12-19-22(28)26-27(23(19)29)18-4-2-1-3-5-18/h1-13H,14H2,(H,26,28)/b19-12-. The maximum Gasteiger partial charge on any atom is 0.282 e. The molecule has 30 heavy (non-hydrogen) atoms. The van der Waals surface area contributed by atoms with E-state index >= 15 is 0 Å². The van der Waals surface area contributed by atoms with Crippen LogP contribution in [0.1, 0.15) is 11.1 Å². The van der Waals surface area contributed by atoms with Crippen LogP contribution in [0.15, 0.2) is 78.4 Å². The minimum absolute atomic E-state index is 0.00917. The third kappa shape index (κ3) is 4.18. The summed E-state index contributed by atoms with van der Waals surface area (Å²) in [5.74, 6) is -0.808. The van der Waals surface area contributed by atoms with Crippen molar-refractivity contribution >= 4 is 35.2 Å². The number of para-hydroxylation sites is 1. The Morgan fingerprint density at radius 3 is 2.43 bits per heavy atom. The van der Waals surface area contributed by atoms with Gasteiger partial charge in [-0.1, -0.05) is 48.0 Å². The largest absolute Gasteiger partial charge is 0.487 e. The second-order valence-corrected chi connectivity index (χ2v) is 6.99. The van der Waals surface area contributed by atoms with E-state index in [0.29, 0.717) is 22.0 Å². The third-order valence-corrected chi connectivity index (χ3v) is 4.78. The van der Waals surface area contributed by atoms with Crippen LogP contribution in [-0.2, 0) is 16.2 Å². The highest BCUT2D eigenvalue weighted by atomic mass is 35.5. The van der Waals surface area contributed by atoms with Gasteiger partial charge in [0.1, 0.15) is 23.7 Å².